The fourth-order valence-corrected chi connectivity index (χ4v) is 3.42. The van der Waals surface area contributed by atoms with Gasteiger partial charge in [-0.05, 0) is 38.0 Å². The molecule has 24 heavy (non-hydrogen) atoms. The first-order valence-electron chi connectivity index (χ1n) is 7.27. The standard InChI is InChI=1S/C16H16N4O2S2/c1-9-4-5-10(2)12(6-9)22-7-13-18-11(3)14(24-13)15(21)19-16-20-17-8-23-16/h4-6,8H,7H2,1-3H3,(H,19,20,21). The van der Waals surface area contributed by atoms with Crippen LogP contribution in [0, 0.1) is 20.8 Å². The Morgan fingerprint density at radius 1 is 1.29 bits per heavy atom. The molecule has 0 unspecified atom stereocenters. The number of amides is 1. The number of nitrogens with one attached hydrogen (secondary N) is 1. The van der Waals surface area contributed by atoms with E-state index in [0.717, 1.165) is 21.9 Å². The third kappa shape index (κ3) is 3.77. The third-order valence-electron chi connectivity index (χ3n) is 3.32. The van der Waals surface area contributed by atoms with Crippen molar-refractivity contribution in [3.63, 3.8) is 0 Å². The summed E-state index contributed by atoms with van der Waals surface area (Å²) in [4.78, 5) is 17.3. The van der Waals surface area contributed by atoms with Crippen LogP contribution < -0.4 is 10.1 Å². The Morgan fingerprint density at radius 3 is 2.88 bits per heavy atom. The molecule has 0 bridgehead atoms. The summed E-state index contributed by atoms with van der Waals surface area (Å²) in [7, 11) is 0. The number of thiazole rings is 1. The monoisotopic (exact) mass is 360 g/mol. The second-order valence-electron chi connectivity index (χ2n) is 5.28. The number of rotatable bonds is 5. The number of nitrogens with zero attached hydrogens (tertiary/aromatic N) is 3. The van der Waals surface area contributed by atoms with Crippen LogP contribution in [0.1, 0.15) is 31.5 Å². The van der Waals surface area contributed by atoms with Gasteiger partial charge < -0.3 is 4.74 Å². The van der Waals surface area contributed by atoms with Gasteiger partial charge in [0.1, 0.15) is 27.8 Å². The van der Waals surface area contributed by atoms with Crippen molar-refractivity contribution in [2.45, 2.75) is 27.4 Å². The Labute approximate surface area is 147 Å². The van der Waals surface area contributed by atoms with E-state index in [2.05, 4.69) is 20.5 Å². The van der Waals surface area contributed by atoms with Crippen LogP contribution in [-0.4, -0.2) is 21.1 Å². The maximum atomic E-state index is 12.3. The minimum absolute atomic E-state index is 0.222. The van der Waals surface area contributed by atoms with Crippen molar-refractivity contribution in [3.8, 4) is 5.75 Å². The molecule has 124 valence electrons. The van der Waals surface area contributed by atoms with Gasteiger partial charge >= 0.3 is 0 Å². The zero-order valence-electron chi connectivity index (χ0n) is 13.5. The molecule has 1 amide bonds. The summed E-state index contributed by atoms with van der Waals surface area (Å²) >= 11 is 2.60. The predicted octanol–water partition coefficient (Wildman–Crippen LogP) is 3.75. The summed E-state index contributed by atoms with van der Waals surface area (Å²) in [5.74, 6) is 0.613. The van der Waals surface area contributed by atoms with Gasteiger partial charge in [0.05, 0.1) is 5.69 Å². The van der Waals surface area contributed by atoms with Crippen molar-refractivity contribution in [2.75, 3.05) is 5.32 Å². The molecule has 0 radical (unpaired) electrons. The van der Waals surface area contributed by atoms with Crippen LogP contribution in [0.25, 0.3) is 0 Å². The van der Waals surface area contributed by atoms with Gasteiger partial charge in [-0.25, -0.2) is 4.98 Å². The number of benzene rings is 1. The summed E-state index contributed by atoms with van der Waals surface area (Å²) in [5, 5.41) is 11.5. The number of aromatic nitrogens is 3. The number of hydrogen-bond donors (Lipinski definition) is 1. The number of aryl methyl sites for hydroxylation is 3. The highest BCUT2D eigenvalue weighted by Crippen LogP contribution is 2.24. The third-order valence-corrected chi connectivity index (χ3v) is 5.06. The van der Waals surface area contributed by atoms with Crippen molar-refractivity contribution >= 4 is 33.7 Å². The lowest BCUT2D eigenvalue weighted by atomic mass is 10.1. The molecule has 1 N–H and O–H groups in total. The lowest BCUT2D eigenvalue weighted by molar-refractivity contribution is 0.102. The van der Waals surface area contributed by atoms with E-state index >= 15 is 0 Å². The van der Waals surface area contributed by atoms with Gasteiger partial charge in [0.25, 0.3) is 5.91 Å². The molecule has 0 atom stereocenters. The lowest BCUT2D eigenvalue weighted by Gasteiger charge is -2.08. The zero-order valence-corrected chi connectivity index (χ0v) is 15.1. The first kappa shape index (κ1) is 16.5. The van der Waals surface area contributed by atoms with Crippen LogP contribution in [-0.2, 0) is 6.61 Å². The van der Waals surface area contributed by atoms with Gasteiger partial charge in [-0.1, -0.05) is 23.5 Å². The Balaban J connectivity index is 1.69. The molecule has 6 nitrogen and oxygen atoms in total. The van der Waals surface area contributed by atoms with Crippen LogP contribution in [0.15, 0.2) is 23.7 Å². The van der Waals surface area contributed by atoms with Gasteiger partial charge in [-0.15, -0.1) is 21.5 Å². The van der Waals surface area contributed by atoms with Crippen LogP contribution in [0.4, 0.5) is 5.13 Å². The topological polar surface area (TPSA) is 77.0 Å². The average Bonchev–Trinajstić information content (AvgIpc) is 3.17. The van der Waals surface area contributed by atoms with Crippen molar-refractivity contribution in [3.05, 3.63) is 50.4 Å². The summed E-state index contributed by atoms with van der Waals surface area (Å²) in [6.45, 7) is 6.17. The molecular weight excluding hydrogens is 344 g/mol. The fourth-order valence-electron chi connectivity index (χ4n) is 2.11. The van der Waals surface area contributed by atoms with Crippen molar-refractivity contribution in [1.29, 1.82) is 0 Å². The maximum Gasteiger partial charge on any atom is 0.269 e. The van der Waals surface area contributed by atoms with Crippen molar-refractivity contribution in [1.82, 2.24) is 15.2 Å². The highest BCUT2D eigenvalue weighted by molar-refractivity contribution is 7.15. The number of carbonyl (C=O) groups is 1. The second-order valence-corrected chi connectivity index (χ2v) is 7.19. The first-order chi connectivity index (χ1) is 11.5. The molecule has 3 aromatic rings. The molecule has 0 spiro atoms. The van der Waals surface area contributed by atoms with Gasteiger partial charge in [0, 0.05) is 0 Å². The summed E-state index contributed by atoms with van der Waals surface area (Å²) in [5.41, 5.74) is 4.46. The number of hydrogen-bond acceptors (Lipinski definition) is 7. The highest BCUT2D eigenvalue weighted by Gasteiger charge is 2.17. The minimum atomic E-state index is -0.222. The lowest BCUT2D eigenvalue weighted by Crippen LogP contribution is -2.11. The molecule has 0 fully saturated rings. The quantitative estimate of drug-likeness (QED) is 0.750. The Kier molecular flexibility index (Phi) is 4.86. The predicted molar refractivity (Wildman–Crippen MR) is 95.0 cm³/mol. The molecule has 0 aliphatic carbocycles. The molecular formula is C16H16N4O2S2. The smallest absolute Gasteiger partial charge is 0.269 e. The van der Waals surface area contributed by atoms with Gasteiger partial charge in [-0.2, -0.15) is 0 Å². The summed E-state index contributed by atoms with van der Waals surface area (Å²) in [6.07, 6.45) is 0. The zero-order chi connectivity index (χ0) is 17.1. The van der Waals surface area contributed by atoms with E-state index in [4.69, 9.17) is 4.74 Å². The Bertz CT molecular complexity index is 859. The van der Waals surface area contributed by atoms with Gasteiger partial charge in [-0.3, -0.25) is 10.1 Å². The van der Waals surface area contributed by atoms with E-state index in [1.165, 1.54) is 22.7 Å². The van der Waals surface area contributed by atoms with E-state index in [0.29, 0.717) is 22.3 Å². The normalized spacial score (nSPS) is 10.6. The maximum absolute atomic E-state index is 12.3. The molecule has 1 aromatic carbocycles. The molecule has 0 aliphatic rings. The van der Waals surface area contributed by atoms with Crippen LogP contribution in [0.3, 0.4) is 0 Å². The Hall–Kier alpha value is -2.32. The molecule has 0 saturated heterocycles. The molecule has 0 aliphatic heterocycles. The number of ether oxygens (including phenoxy) is 1. The summed E-state index contributed by atoms with van der Waals surface area (Å²) < 4.78 is 5.85. The van der Waals surface area contributed by atoms with E-state index < -0.39 is 0 Å². The van der Waals surface area contributed by atoms with Crippen LogP contribution >= 0.6 is 22.7 Å². The second kappa shape index (κ2) is 7.06. The number of carbonyl (C=O) groups excluding carboxylic acids is 1. The first-order valence-corrected chi connectivity index (χ1v) is 8.96. The molecule has 8 heteroatoms. The molecule has 3 rings (SSSR count). The average molecular weight is 360 g/mol. The number of anilines is 1. The van der Waals surface area contributed by atoms with Crippen molar-refractivity contribution < 1.29 is 9.53 Å². The van der Waals surface area contributed by atoms with E-state index in [-0.39, 0.29) is 5.91 Å². The summed E-state index contributed by atoms with van der Waals surface area (Å²) in [6, 6.07) is 6.07. The highest BCUT2D eigenvalue weighted by atomic mass is 32.1. The fraction of sp³-hybridized carbons (Fsp3) is 0.250. The Morgan fingerprint density at radius 2 is 2.12 bits per heavy atom. The van der Waals surface area contributed by atoms with Crippen LogP contribution in [0.2, 0.25) is 0 Å². The van der Waals surface area contributed by atoms with Crippen molar-refractivity contribution in [2.24, 2.45) is 0 Å². The molecule has 2 heterocycles. The van der Waals surface area contributed by atoms with Gasteiger partial charge in [0.15, 0.2) is 0 Å². The SMILES string of the molecule is Cc1ccc(C)c(OCc2nc(C)c(C(=O)Nc3nncs3)s2)c1. The molecule has 2 aromatic heterocycles. The largest absolute Gasteiger partial charge is 0.486 e. The van der Waals surface area contributed by atoms with Crippen LogP contribution in [0.5, 0.6) is 5.75 Å². The van der Waals surface area contributed by atoms with E-state index in [1.54, 1.807) is 5.51 Å². The van der Waals surface area contributed by atoms with E-state index in [1.807, 2.05) is 39.0 Å². The molecule has 0 saturated carbocycles. The minimum Gasteiger partial charge on any atom is -0.486 e. The van der Waals surface area contributed by atoms with E-state index in [9.17, 15) is 4.79 Å². The van der Waals surface area contributed by atoms with Gasteiger partial charge in [0.2, 0.25) is 5.13 Å².